The van der Waals surface area contributed by atoms with Gasteiger partial charge in [0.15, 0.2) is 0 Å². The molecule has 6 aromatic carbocycles. The molecule has 7 amide bonds. The first kappa shape index (κ1) is 83.0. The fraction of sp³-hybridized carbons (Fsp3) is 0.411. The van der Waals surface area contributed by atoms with Crippen molar-refractivity contribution in [2.75, 3.05) is 26.2 Å². The molecule has 0 unspecified atom stereocenters. The van der Waals surface area contributed by atoms with Crippen LogP contribution in [0.25, 0.3) is 0 Å². The zero-order valence-corrected chi connectivity index (χ0v) is 59.5. The van der Waals surface area contributed by atoms with Crippen LogP contribution in [0, 0.1) is 12.8 Å². The third-order valence-corrected chi connectivity index (χ3v) is 15.8. The second-order valence-corrected chi connectivity index (χ2v) is 27.6. The summed E-state index contributed by atoms with van der Waals surface area (Å²) in [6, 6.07) is 43.4. The summed E-state index contributed by atoms with van der Waals surface area (Å²) in [4.78, 5) is 87.7. The Morgan fingerprint density at radius 3 is 1.13 bits per heavy atom. The summed E-state index contributed by atoms with van der Waals surface area (Å²) >= 11 is 0. The number of hydrogen-bond acceptors (Lipinski definition) is 16. The van der Waals surface area contributed by atoms with Gasteiger partial charge < -0.3 is 28.9 Å². The van der Waals surface area contributed by atoms with Crippen LogP contribution in [-0.4, -0.2) is 134 Å². The molecule has 0 saturated carbocycles. The Labute approximate surface area is 577 Å². The maximum Gasteiger partial charge on any atom is 0.410 e. The predicted octanol–water partition coefficient (Wildman–Crippen LogP) is 13.0. The van der Waals surface area contributed by atoms with Crippen LogP contribution >= 0.6 is 0 Å². The summed E-state index contributed by atoms with van der Waals surface area (Å²) in [6.07, 6.45) is 2.97. The van der Waals surface area contributed by atoms with Crippen molar-refractivity contribution in [3.8, 4) is 0 Å². The van der Waals surface area contributed by atoms with Gasteiger partial charge in [-0.2, -0.15) is 4.31 Å². The zero-order valence-electron chi connectivity index (χ0n) is 58.7. The van der Waals surface area contributed by atoms with Crippen molar-refractivity contribution in [3.05, 3.63) is 207 Å². The molecule has 534 valence electrons. The fourth-order valence-electron chi connectivity index (χ4n) is 8.95. The van der Waals surface area contributed by atoms with Crippen molar-refractivity contribution in [2.45, 2.75) is 170 Å². The Balaban J connectivity index is 0.000000341. The molecule has 0 heterocycles. The van der Waals surface area contributed by atoms with E-state index in [2.05, 4.69) is 6.92 Å². The van der Waals surface area contributed by atoms with Crippen molar-refractivity contribution < 1.29 is 77.0 Å². The molecule has 0 atom stereocenters. The molecule has 0 aliphatic carbocycles. The van der Waals surface area contributed by atoms with Gasteiger partial charge in [0.05, 0.1) is 11.0 Å². The van der Waals surface area contributed by atoms with Crippen LogP contribution in [0.1, 0.15) is 184 Å². The number of benzene rings is 6. The molecule has 0 fully saturated rings. The van der Waals surface area contributed by atoms with Crippen LogP contribution in [-0.2, 0) is 56.8 Å². The number of carbonyl (C=O) groups is 7. The van der Waals surface area contributed by atoms with Crippen LogP contribution in [0.2, 0.25) is 0 Å². The van der Waals surface area contributed by atoms with Crippen molar-refractivity contribution in [1.82, 2.24) is 40.9 Å². The van der Waals surface area contributed by atoms with E-state index in [0.29, 0.717) is 74.0 Å². The lowest BCUT2D eigenvalue weighted by molar-refractivity contribution is 0.0207. The number of hydroxylamine groups is 4. The highest BCUT2D eigenvalue weighted by Gasteiger charge is 2.27. The first-order chi connectivity index (χ1) is 46.3. The monoisotopic (exact) mass is 1380 g/mol. The topological polar surface area (TPSA) is 323 Å². The summed E-state index contributed by atoms with van der Waals surface area (Å²) in [6.45, 7) is 28.2. The highest BCUT2D eigenvalue weighted by atomic mass is 32.2. The van der Waals surface area contributed by atoms with Gasteiger partial charge in [-0.1, -0.05) is 137 Å². The third kappa shape index (κ3) is 30.9. The lowest BCUT2D eigenvalue weighted by atomic mass is 10.1. The van der Waals surface area contributed by atoms with Crippen LogP contribution in [0.15, 0.2) is 157 Å². The minimum Gasteiger partial charge on any atom is -0.447 e. The predicted molar refractivity (Wildman–Crippen MR) is 372 cm³/mol. The van der Waals surface area contributed by atoms with E-state index >= 15 is 0 Å². The molecule has 0 bridgehead atoms. The van der Waals surface area contributed by atoms with E-state index < -0.39 is 44.9 Å². The van der Waals surface area contributed by atoms with Gasteiger partial charge in [-0.15, -0.1) is 0 Å². The molecule has 8 N–H and O–H groups in total. The summed E-state index contributed by atoms with van der Waals surface area (Å²) in [5.74, 6) is -2.00. The molecule has 24 nitrogen and oxygen atoms in total. The van der Waals surface area contributed by atoms with Crippen LogP contribution in [0.5, 0.6) is 0 Å². The average Bonchev–Trinajstić information content (AvgIpc) is 0.812. The number of unbranched alkanes of at least 4 members (excludes halogenated alkanes) is 2. The van der Waals surface area contributed by atoms with E-state index in [0.717, 1.165) is 65.5 Å². The molecular weight excluding hydrogens is 1280 g/mol. The number of nitrogens with one attached hydrogen (secondary N) is 4. The molecule has 98 heavy (non-hydrogen) atoms. The first-order valence-electron chi connectivity index (χ1n) is 32.4. The maximum absolute atomic E-state index is 13.0. The fourth-order valence-corrected chi connectivity index (χ4v) is 10.4. The molecule has 25 heteroatoms. The lowest BCUT2D eigenvalue weighted by Crippen LogP contribution is -2.38. The number of ether oxygens (including phenoxy) is 3. The molecule has 0 aliphatic heterocycles. The van der Waals surface area contributed by atoms with E-state index in [9.17, 15) is 42.0 Å². The van der Waals surface area contributed by atoms with Gasteiger partial charge >= 0.3 is 18.3 Å². The Morgan fingerprint density at radius 2 is 0.786 bits per heavy atom. The van der Waals surface area contributed by atoms with E-state index in [1.54, 1.807) is 158 Å². The molecule has 0 spiro atoms. The van der Waals surface area contributed by atoms with Crippen LogP contribution in [0.3, 0.4) is 0 Å². The standard InChI is InChI=1S/C20H24N2O4.C19H24N2O4S.2C17H26N2O4/c1-15(2)26-20(24)22(13-12-16-6-4-3-5-7-16)14-17-8-10-18(11-9-17)19(23)21-25;1-3-4-13-21(26(24,25)18-11-5-15(2)6-12-18)14-16-7-9-17(10-8-16)19(22)20-23;1-12(2)10-19(16(21)23-17(3,4)5)11-13-6-8-14(9-7-13)15(20)18-22;1-5-6-11-19(16(21)23-17(2,3)4)12-13-7-9-14(10-8-13)15(20)18-22/h3-11,15,25H,12-14H2,1-2H3,(H,21,23);5-12,23H,3-4,13-14H2,1-2H3,(H,20,22);6-9,12,22H,10-11H2,1-5H3,(H,18,20);7-10,22H,5-6,11-12H2,1-4H3,(H,18,20). The number of carbonyl (C=O) groups excluding carboxylic acids is 7. The van der Waals surface area contributed by atoms with E-state index in [-0.39, 0.29) is 35.8 Å². The molecule has 0 aliphatic rings. The minimum absolute atomic E-state index is 0.197. The van der Waals surface area contributed by atoms with Gasteiger partial charge in [-0.3, -0.25) is 40.0 Å². The van der Waals surface area contributed by atoms with Crippen molar-refractivity contribution in [3.63, 3.8) is 0 Å². The second kappa shape index (κ2) is 41.8. The van der Waals surface area contributed by atoms with E-state index in [1.807, 2.05) is 113 Å². The number of aryl methyl sites for hydroxylation is 1. The quantitative estimate of drug-likeness (QED) is 0.0142. The number of nitrogens with zero attached hydrogens (tertiary/aromatic N) is 4. The normalized spacial score (nSPS) is 11.1. The van der Waals surface area contributed by atoms with Gasteiger partial charge in [0.2, 0.25) is 10.0 Å². The smallest absolute Gasteiger partial charge is 0.410 e. The minimum atomic E-state index is -3.61. The number of amides is 7. The summed E-state index contributed by atoms with van der Waals surface area (Å²) in [5.41, 5.74) is 12.2. The molecular formula is C73H100N8O16S. The summed E-state index contributed by atoms with van der Waals surface area (Å²) in [5, 5.41) is 34.6. The molecule has 0 aromatic heterocycles. The van der Waals surface area contributed by atoms with Crippen molar-refractivity contribution in [1.29, 1.82) is 0 Å². The number of rotatable bonds is 26. The largest absolute Gasteiger partial charge is 0.447 e. The molecule has 6 aromatic rings. The SMILES string of the molecule is CC(C)CN(Cc1ccc(C(=O)NO)cc1)C(=O)OC(C)(C)C.CC(C)OC(=O)N(CCc1ccccc1)Cc1ccc(C(=O)NO)cc1.CCCCN(Cc1ccc(C(=O)NO)cc1)C(=O)OC(C)(C)C.CCCCN(Cc1ccc(C(=O)NO)cc1)S(=O)(=O)c1ccc(C)cc1. The van der Waals surface area contributed by atoms with Gasteiger partial charge in [0.25, 0.3) is 23.6 Å². The zero-order chi connectivity index (χ0) is 73.2. The van der Waals surface area contributed by atoms with Crippen LogP contribution < -0.4 is 21.9 Å². The average molecular weight is 1380 g/mol. The number of hydrogen-bond donors (Lipinski definition) is 8. The molecule has 6 rings (SSSR count). The van der Waals surface area contributed by atoms with Crippen molar-refractivity contribution in [2.24, 2.45) is 5.92 Å². The maximum atomic E-state index is 13.0. The second-order valence-electron chi connectivity index (χ2n) is 25.7. The van der Waals surface area contributed by atoms with Crippen LogP contribution in [0.4, 0.5) is 14.4 Å². The first-order valence-corrected chi connectivity index (χ1v) is 33.9. The summed E-state index contributed by atoms with van der Waals surface area (Å²) < 4.78 is 43.7. The highest BCUT2D eigenvalue weighted by Crippen LogP contribution is 2.22. The summed E-state index contributed by atoms with van der Waals surface area (Å²) in [7, 11) is -3.61. The van der Waals surface area contributed by atoms with Gasteiger partial charge in [0, 0.05) is 74.6 Å². The third-order valence-electron chi connectivity index (χ3n) is 13.9. The van der Waals surface area contributed by atoms with Gasteiger partial charge in [-0.05, 0) is 176 Å². The van der Waals surface area contributed by atoms with Gasteiger partial charge in [-0.25, -0.2) is 44.7 Å². The van der Waals surface area contributed by atoms with Gasteiger partial charge in [0.1, 0.15) is 11.2 Å². The number of sulfonamides is 1. The van der Waals surface area contributed by atoms with Crippen molar-refractivity contribution >= 4 is 51.9 Å². The Bertz CT molecular complexity index is 3530. The highest BCUT2D eigenvalue weighted by molar-refractivity contribution is 7.89. The lowest BCUT2D eigenvalue weighted by Gasteiger charge is -2.28. The van der Waals surface area contributed by atoms with E-state index in [4.69, 9.17) is 35.0 Å². The Kier molecular flexibility index (Phi) is 35.4. The van der Waals surface area contributed by atoms with E-state index in [1.165, 1.54) is 4.31 Å². The Morgan fingerprint density at radius 1 is 0.439 bits per heavy atom. The molecule has 0 radical (unpaired) electrons. The Hall–Kier alpha value is -9.24. The molecule has 0 saturated heterocycles.